The molecule has 2 aromatic rings. The van der Waals surface area contributed by atoms with Crippen LogP contribution in [0.2, 0.25) is 0 Å². The van der Waals surface area contributed by atoms with Crippen LogP contribution in [0.25, 0.3) is 0 Å². The summed E-state index contributed by atoms with van der Waals surface area (Å²) in [6, 6.07) is 6.09. The van der Waals surface area contributed by atoms with Crippen LogP contribution in [0.15, 0.2) is 41.5 Å². The zero-order valence-corrected chi connectivity index (χ0v) is 10.2. The number of hydrogen-bond acceptors (Lipinski definition) is 4. The van der Waals surface area contributed by atoms with Crippen molar-refractivity contribution in [2.45, 2.75) is 13.5 Å². The van der Waals surface area contributed by atoms with Crippen LogP contribution in [0.3, 0.4) is 0 Å². The summed E-state index contributed by atoms with van der Waals surface area (Å²) < 4.78 is 6.74. The second-order valence-electron chi connectivity index (χ2n) is 3.73. The van der Waals surface area contributed by atoms with Gasteiger partial charge in [0.15, 0.2) is 0 Å². The van der Waals surface area contributed by atoms with E-state index in [0.717, 1.165) is 0 Å². The zero-order chi connectivity index (χ0) is 13.8. The molecule has 0 unspecified atom stereocenters. The average Bonchev–Trinajstić information content (AvgIpc) is 2.41. The molecular weight excluding hydrogens is 248 g/mol. The normalized spacial score (nSPS) is 10.2. The zero-order valence-electron chi connectivity index (χ0n) is 10.2. The fourth-order valence-electron chi connectivity index (χ4n) is 1.58. The molecule has 0 atom stereocenters. The summed E-state index contributed by atoms with van der Waals surface area (Å²) in [5.74, 6) is -1.17. The van der Waals surface area contributed by atoms with Crippen molar-refractivity contribution in [3.63, 3.8) is 0 Å². The second-order valence-corrected chi connectivity index (χ2v) is 3.73. The molecule has 0 radical (unpaired) electrons. The van der Waals surface area contributed by atoms with Crippen LogP contribution in [0.5, 0.6) is 11.6 Å². The number of aromatic nitrogens is 2. The minimum Gasteiger partial charge on any atom is -0.478 e. The highest BCUT2D eigenvalue weighted by Crippen LogP contribution is 2.21. The maximum atomic E-state index is 11.9. The molecular formula is C13H12N2O4. The number of hydrogen-bond donors (Lipinski definition) is 1. The molecule has 19 heavy (non-hydrogen) atoms. The Morgan fingerprint density at radius 1 is 1.42 bits per heavy atom. The summed E-state index contributed by atoms with van der Waals surface area (Å²) in [4.78, 5) is 26.8. The molecule has 0 bridgehead atoms. The van der Waals surface area contributed by atoms with Crippen LogP contribution in [0.1, 0.15) is 17.3 Å². The molecule has 1 heterocycles. The SMILES string of the molecule is CCn1ccnc(Oc2ccccc2C(=O)O)c1=O. The molecule has 6 nitrogen and oxygen atoms in total. The number of rotatable bonds is 4. The van der Waals surface area contributed by atoms with Gasteiger partial charge in [-0.3, -0.25) is 4.79 Å². The van der Waals surface area contributed by atoms with Crippen LogP contribution in [-0.2, 0) is 6.54 Å². The first-order valence-corrected chi connectivity index (χ1v) is 5.69. The van der Waals surface area contributed by atoms with Gasteiger partial charge in [0.1, 0.15) is 11.3 Å². The minimum atomic E-state index is -1.12. The molecule has 0 aliphatic rings. The van der Waals surface area contributed by atoms with Crippen LogP contribution in [0, 0.1) is 0 Å². The van der Waals surface area contributed by atoms with E-state index in [1.54, 1.807) is 12.1 Å². The third-order valence-corrected chi connectivity index (χ3v) is 2.55. The van der Waals surface area contributed by atoms with Crippen LogP contribution in [-0.4, -0.2) is 20.6 Å². The van der Waals surface area contributed by atoms with Crippen LogP contribution >= 0.6 is 0 Å². The number of carboxylic acids is 1. The van der Waals surface area contributed by atoms with Crippen LogP contribution < -0.4 is 10.3 Å². The first-order chi connectivity index (χ1) is 9.13. The lowest BCUT2D eigenvalue weighted by molar-refractivity contribution is 0.0694. The van der Waals surface area contributed by atoms with Crippen molar-refractivity contribution in [1.29, 1.82) is 0 Å². The molecule has 0 aliphatic heterocycles. The number of carbonyl (C=O) groups is 1. The van der Waals surface area contributed by atoms with Gasteiger partial charge in [-0.1, -0.05) is 12.1 Å². The highest BCUT2D eigenvalue weighted by Gasteiger charge is 2.13. The van der Waals surface area contributed by atoms with E-state index < -0.39 is 11.5 Å². The topological polar surface area (TPSA) is 81.4 Å². The summed E-state index contributed by atoms with van der Waals surface area (Å²) in [6.45, 7) is 2.30. The van der Waals surface area contributed by atoms with Crippen molar-refractivity contribution in [3.05, 3.63) is 52.6 Å². The Labute approximate surface area is 108 Å². The summed E-state index contributed by atoms with van der Waals surface area (Å²) in [7, 11) is 0. The molecule has 0 amide bonds. The summed E-state index contributed by atoms with van der Waals surface area (Å²) in [5, 5.41) is 9.03. The number of carboxylic acid groups (broad SMARTS) is 1. The molecule has 1 aromatic carbocycles. The molecule has 6 heteroatoms. The first kappa shape index (κ1) is 12.8. The van der Waals surface area contributed by atoms with Crippen molar-refractivity contribution in [2.75, 3.05) is 0 Å². The van der Waals surface area contributed by atoms with Gasteiger partial charge in [0.2, 0.25) is 0 Å². The van der Waals surface area contributed by atoms with Gasteiger partial charge in [-0.25, -0.2) is 9.78 Å². The maximum absolute atomic E-state index is 11.9. The van der Waals surface area contributed by atoms with E-state index in [0.29, 0.717) is 6.54 Å². The van der Waals surface area contributed by atoms with E-state index in [2.05, 4.69) is 4.98 Å². The van der Waals surface area contributed by atoms with Gasteiger partial charge in [-0.2, -0.15) is 0 Å². The number of nitrogens with zero attached hydrogens (tertiary/aromatic N) is 2. The van der Waals surface area contributed by atoms with Crippen molar-refractivity contribution in [2.24, 2.45) is 0 Å². The lowest BCUT2D eigenvalue weighted by atomic mass is 10.2. The minimum absolute atomic E-state index is 0.0180. The highest BCUT2D eigenvalue weighted by atomic mass is 16.5. The molecule has 0 fully saturated rings. The van der Waals surface area contributed by atoms with Crippen LogP contribution in [0.4, 0.5) is 0 Å². The van der Waals surface area contributed by atoms with E-state index in [1.165, 1.54) is 29.1 Å². The number of ether oxygens (including phenoxy) is 1. The first-order valence-electron chi connectivity index (χ1n) is 5.69. The van der Waals surface area contributed by atoms with Gasteiger partial charge >= 0.3 is 11.5 Å². The average molecular weight is 260 g/mol. The summed E-state index contributed by atoms with van der Waals surface area (Å²) >= 11 is 0. The number of para-hydroxylation sites is 1. The quantitative estimate of drug-likeness (QED) is 0.905. The van der Waals surface area contributed by atoms with E-state index in [-0.39, 0.29) is 17.2 Å². The smallest absolute Gasteiger partial charge is 0.339 e. The molecule has 1 aromatic heterocycles. The molecule has 98 valence electrons. The third kappa shape index (κ3) is 2.62. The standard InChI is InChI=1S/C13H12N2O4/c1-2-15-8-7-14-11(12(15)16)19-10-6-4-3-5-9(10)13(17)18/h3-8H,2H2,1H3,(H,17,18). The molecule has 2 rings (SSSR count). The van der Waals surface area contributed by atoms with Gasteiger partial charge in [0.05, 0.1) is 0 Å². The molecule has 0 saturated heterocycles. The van der Waals surface area contributed by atoms with Crippen molar-refractivity contribution < 1.29 is 14.6 Å². The van der Waals surface area contributed by atoms with E-state index in [9.17, 15) is 9.59 Å². The second kappa shape index (κ2) is 5.34. The van der Waals surface area contributed by atoms with Gasteiger partial charge in [0.25, 0.3) is 5.88 Å². The third-order valence-electron chi connectivity index (χ3n) is 2.55. The fraction of sp³-hybridized carbons (Fsp3) is 0.154. The van der Waals surface area contributed by atoms with E-state index in [1.807, 2.05) is 6.92 Å². The highest BCUT2D eigenvalue weighted by molar-refractivity contribution is 5.90. The number of aryl methyl sites for hydroxylation is 1. The fourth-order valence-corrected chi connectivity index (χ4v) is 1.58. The number of aromatic carboxylic acids is 1. The van der Waals surface area contributed by atoms with Crippen molar-refractivity contribution in [3.8, 4) is 11.6 Å². The number of benzene rings is 1. The Bertz CT molecular complexity index is 664. The molecule has 0 saturated carbocycles. The van der Waals surface area contributed by atoms with E-state index in [4.69, 9.17) is 9.84 Å². The summed E-state index contributed by atoms with van der Waals surface area (Å²) in [6.07, 6.45) is 2.97. The Morgan fingerprint density at radius 3 is 2.84 bits per heavy atom. The van der Waals surface area contributed by atoms with Gasteiger partial charge in [0, 0.05) is 18.9 Å². The summed E-state index contributed by atoms with van der Waals surface area (Å²) in [5.41, 5.74) is -0.416. The lowest BCUT2D eigenvalue weighted by Gasteiger charge is -2.08. The molecule has 0 aliphatic carbocycles. The van der Waals surface area contributed by atoms with Gasteiger partial charge in [-0.05, 0) is 19.1 Å². The van der Waals surface area contributed by atoms with E-state index >= 15 is 0 Å². The Kier molecular flexibility index (Phi) is 3.61. The van der Waals surface area contributed by atoms with Gasteiger partial charge in [-0.15, -0.1) is 0 Å². The lowest BCUT2D eigenvalue weighted by Crippen LogP contribution is -2.20. The monoisotopic (exact) mass is 260 g/mol. The largest absolute Gasteiger partial charge is 0.478 e. The predicted octanol–water partition coefficient (Wildman–Crippen LogP) is 1.75. The Morgan fingerprint density at radius 2 is 2.16 bits per heavy atom. The van der Waals surface area contributed by atoms with Crippen molar-refractivity contribution in [1.82, 2.24) is 9.55 Å². The maximum Gasteiger partial charge on any atom is 0.339 e. The predicted molar refractivity (Wildman–Crippen MR) is 67.6 cm³/mol. The molecule has 0 spiro atoms. The van der Waals surface area contributed by atoms with Crippen molar-refractivity contribution >= 4 is 5.97 Å². The Hall–Kier alpha value is -2.63. The van der Waals surface area contributed by atoms with Gasteiger partial charge < -0.3 is 14.4 Å². The Balaban J connectivity index is 2.42. The molecule has 1 N–H and O–H groups in total.